The van der Waals surface area contributed by atoms with E-state index < -0.39 is 23.7 Å². The first-order chi connectivity index (χ1) is 15.6. The van der Waals surface area contributed by atoms with Gasteiger partial charge in [0.15, 0.2) is 0 Å². The number of hydrogen-bond acceptors (Lipinski definition) is 0. The van der Waals surface area contributed by atoms with Crippen LogP contribution in [0.1, 0.15) is 55.8 Å². The second-order valence-corrected chi connectivity index (χ2v) is 8.36. The fourth-order valence-electron chi connectivity index (χ4n) is 4.36. The number of halogens is 3. The summed E-state index contributed by atoms with van der Waals surface area (Å²) in [5.41, 5.74) is 2.05. The standard InChI is InChI=1S/C29H27F3/c1-2-3-4-12-27(29(32)24-14-13-20-8-5-6-9-21(20)17-24)23-15-16-26(28(31)19-23)22-10-7-11-25(30)18-22/h5-11,13-19,27,29H,2-4,12H2,1H3. The lowest BCUT2D eigenvalue weighted by atomic mass is 9.84. The maximum Gasteiger partial charge on any atom is 0.132 e. The Hall–Kier alpha value is -3.07. The molecule has 0 bridgehead atoms. The maximum atomic E-state index is 15.9. The quantitative estimate of drug-likeness (QED) is 0.243. The molecule has 0 N–H and O–H groups in total. The van der Waals surface area contributed by atoms with Crippen LogP contribution < -0.4 is 0 Å². The Morgan fingerprint density at radius 1 is 0.719 bits per heavy atom. The monoisotopic (exact) mass is 432 g/mol. The zero-order valence-electron chi connectivity index (χ0n) is 18.2. The van der Waals surface area contributed by atoms with E-state index in [0.29, 0.717) is 28.7 Å². The molecule has 0 spiro atoms. The average molecular weight is 433 g/mol. The number of unbranched alkanes of at least 4 members (excludes halogenated alkanes) is 2. The van der Waals surface area contributed by atoms with Crippen molar-refractivity contribution in [3.05, 3.63) is 108 Å². The molecule has 0 aliphatic rings. The van der Waals surface area contributed by atoms with Crippen LogP contribution in [0.3, 0.4) is 0 Å². The molecule has 0 aliphatic heterocycles. The molecule has 2 atom stereocenters. The molecule has 4 rings (SSSR count). The maximum absolute atomic E-state index is 15.9. The minimum Gasteiger partial charge on any atom is -0.242 e. The molecule has 0 radical (unpaired) electrons. The number of fused-ring (bicyclic) bond motifs is 1. The molecule has 0 amide bonds. The summed E-state index contributed by atoms with van der Waals surface area (Å²) in [4.78, 5) is 0. The first kappa shape index (κ1) is 22.1. The first-order valence-electron chi connectivity index (χ1n) is 11.2. The summed E-state index contributed by atoms with van der Waals surface area (Å²) < 4.78 is 44.5. The lowest BCUT2D eigenvalue weighted by molar-refractivity contribution is 0.273. The van der Waals surface area contributed by atoms with Gasteiger partial charge in [0.25, 0.3) is 0 Å². The molecule has 32 heavy (non-hydrogen) atoms. The Morgan fingerprint density at radius 3 is 2.25 bits per heavy atom. The number of rotatable bonds is 8. The predicted molar refractivity (Wildman–Crippen MR) is 126 cm³/mol. The van der Waals surface area contributed by atoms with Crippen LogP contribution in [0.4, 0.5) is 13.2 Å². The predicted octanol–water partition coefficient (Wildman–Crippen LogP) is 9.16. The van der Waals surface area contributed by atoms with Gasteiger partial charge < -0.3 is 0 Å². The number of benzene rings is 4. The summed E-state index contributed by atoms with van der Waals surface area (Å²) in [5.74, 6) is -1.32. The summed E-state index contributed by atoms with van der Waals surface area (Å²) >= 11 is 0. The van der Waals surface area contributed by atoms with Crippen LogP contribution >= 0.6 is 0 Å². The van der Waals surface area contributed by atoms with Crippen LogP contribution in [-0.4, -0.2) is 0 Å². The fourth-order valence-corrected chi connectivity index (χ4v) is 4.36. The van der Waals surface area contributed by atoms with E-state index in [4.69, 9.17) is 0 Å². The SMILES string of the molecule is CCCCCC(c1ccc(-c2cccc(F)c2)c(F)c1)C(F)c1ccc2ccccc2c1. The van der Waals surface area contributed by atoms with Gasteiger partial charge in [0.05, 0.1) is 0 Å². The lowest BCUT2D eigenvalue weighted by Crippen LogP contribution is -2.09. The molecule has 3 heteroatoms. The topological polar surface area (TPSA) is 0 Å². The van der Waals surface area contributed by atoms with Gasteiger partial charge in [-0.1, -0.05) is 86.8 Å². The van der Waals surface area contributed by atoms with E-state index in [-0.39, 0.29) is 0 Å². The van der Waals surface area contributed by atoms with Crippen LogP contribution in [0.25, 0.3) is 21.9 Å². The first-order valence-corrected chi connectivity index (χ1v) is 11.2. The average Bonchev–Trinajstić information content (AvgIpc) is 2.81. The largest absolute Gasteiger partial charge is 0.242 e. The van der Waals surface area contributed by atoms with Crippen molar-refractivity contribution in [3.63, 3.8) is 0 Å². The number of alkyl halides is 1. The van der Waals surface area contributed by atoms with E-state index in [1.807, 2.05) is 42.5 Å². The van der Waals surface area contributed by atoms with Crippen molar-refractivity contribution in [2.24, 2.45) is 0 Å². The van der Waals surface area contributed by atoms with Crippen LogP contribution in [-0.2, 0) is 0 Å². The Kier molecular flexibility index (Phi) is 6.94. The van der Waals surface area contributed by atoms with Gasteiger partial charge >= 0.3 is 0 Å². The molecule has 0 aliphatic carbocycles. The van der Waals surface area contributed by atoms with Gasteiger partial charge in [-0.05, 0) is 58.1 Å². The van der Waals surface area contributed by atoms with Gasteiger partial charge in [-0.15, -0.1) is 0 Å². The van der Waals surface area contributed by atoms with Gasteiger partial charge in [0.1, 0.15) is 17.8 Å². The molecular formula is C29H27F3. The highest BCUT2D eigenvalue weighted by atomic mass is 19.1. The van der Waals surface area contributed by atoms with Crippen LogP contribution in [0, 0.1) is 11.6 Å². The molecule has 2 unspecified atom stereocenters. The van der Waals surface area contributed by atoms with E-state index in [0.717, 1.165) is 30.0 Å². The Morgan fingerprint density at radius 2 is 1.50 bits per heavy atom. The van der Waals surface area contributed by atoms with Gasteiger partial charge in [0.2, 0.25) is 0 Å². The lowest BCUT2D eigenvalue weighted by Gasteiger charge is -2.23. The molecule has 4 aromatic rings. The van der Waals surface area contributed by atoms with Gasteiger partial charge in [0, 0.05) is 11.5 Å². The van der Waals surface area contributed by atoms with E-state index in [9.17, 15) is 4.39 Å². The second kappa shape index (κ2) is 10.0. The number of hydrogen-bond donors (Lipinski definition) is 0. The van der Waals surface area contributed by atoms with E-state index in [2.05, 4.69) is 6.92 Å². The van der Waals surface area contributed by atoms with Crippen LogP contribution in [0.5, 0.6) is 0 Å². The van der Waals surface area contributed by atoms with Gasteiger partial charge in [-0.25, -0.2) is 13.2 Å². The zero-order chi connectivity index (χ0) is 22.5. The van der Waals surface area contributed by atoms with E-state index in [1.54, 1.807) is 24.3 Å². The minimum absolute atomic E-state index is 0.321. The minimum atomic E-state index is -1.24. The van der Waals surface area contributed by atoms with Crippen LogP contribution in [0.2, 0.25) is 0 Å². The van der Waals surface area contributed by atoms with Crippen molar-refractivity contribution >= 4 is 10.8 Å². The van der Waals surface area contributed by atoms with Crippen molar-refractivity contribution in [2.45, 2.75) is 44.7 Å². The summed E-state index contributed by atoms with van der Waals surface area (Å²) in [6.45, 7) is 2.11. The fraction of sp³-hybridized carbons (Fsp3) is 0.241. The normalized spacial score (nSPS) is 13.2. The highest BCUT2D eigenvalue weighted by molar-refractivity contribution is 5.83. The van der Waals surface area contributed by atoms with Crippen molar-refractivity contribution in [1.82, 2.24) is 0 Å². The summed E-state index contributed by atoms with van der Waals surface area (Å²) in [6, 6.07) is 24.3. The third-order valence-electron chi connectivity index (χ3n) is 6.12. The molecule has 0 aromatic heterocycles. The third kappa shape index (κ3) is 4.88. The van der Waals surface area contributed by atoms with Gasteiger partial charge in [-0.3, -0.25) is 0 Å². The molecule has 0 saturated carbocycles. The van der Waals surface area contributed by atoms with E-state index >= 15 is 8.78 Å². The van der Waals surface area contributed by atoms with Crippen LogP contribution in [0.15, 0.2) is 84.9 Å². The molecule has 0 saturated heterocycles. The second-order valence-electron chi connectivity index (χ2n) is 8.36. The molecule has 164 valence electrons. The van der Waals surface area contributed by atoms with Crippen molar-refractivity contribution < 1.29 is 13.2 Å². The Balaban J connectivity index is 1.68. The Bertz CT molecular complexity index is 1200. The molecular weight excluding hydrogens is 405 g/mol. The molecule has 0 fully saturated rings. The smallest absolute Gasteiger partial charge is 0.132 e. The Labute approximate surface area is 187 Å². The molecule has 4 aromatic carbocycles. The van der Waals surface area contributed by atoms with Gasteiger partial charge in [-0.2, -0.15) is 0 Å². The summed E-state index contributed by atoms with van der Waals surface area (Å²) in [5, 5.41) is 2.06. The highest BCUT2D eigenvalue weighted by Gasteiger charge is 2.25. The van der Waals surface area contributed by atoms with E-state index in [1.165, 1.54) is 18.2 Å². The highest BCUT2D eigenvalue weighted by Crippen LogP contribution is 2.40. The van der Waals surface area contributed by atoms with Crippen molar-refractivity contribution in [2.75, 3.05) is 0 Å². The summed E-state index contributed by atoms with van der Waals surface area (Å²) in [6.07, 6.45) is 2.32. The summed E-state index contributed by atoms with van der Waals surface area (Å²) in [7, 11) is 0. The molecule has 0 heterocycles. The third-order valence-corrected chi connectivity index (χ3v) is 6.12. The molecule has 0 nitrogen and oxygen atoms in total. The van der Waals surface area contributed by atoms with Crippen molar-refractivity contribution in [1.29, 1.82) is 0 Å². The zero-order valence-corrected chi connectivity index (χ0v) is 18.2. The van der Waals surface area contributed by atoms with Crippen molar-refractivity contribution in [3.8, 4) is 11.1 Å².